The number of rotatable bonds is 3. The molecule has 0 bridgehead atoms. The van der Waals surface area contributed by atoms with Crippen molar-refractivity contribution in [1.82, 2.24) is 0 Å². The smallest absolute Gasteiger partial charge is 1.00 e. The van der Waals surface area contributed by atoms with Crippen LogP contribution in [-0.2, 0) is 9.63 Å². The van der Waals surface area contributed by atoms with Crippen molar-refractivity contribution < 1.29 is 22.7 Å². The van der Waals surface area contributed by atoms with E-state index in [4.69, 9.17) is 5.11 Å². The maximum absolute atomic E-state index is 9.81. The summed E-state index contributed by atoms with van der Waals surface area (Å²) < 4.78 is 0. The number of carbonyl (C=O) groups is 1. The van der Waals surface area contributed by atoms with E-state index in [1.165, 1.54) is 0 Å². The molecular formula is C3H7CaNO5. The van der Waals surface area contributed by atoms with Crippen molar-refractivity contribution in [2.24, 2.45) is 0 Å². The predicted octanol–water partition coefficient (Wildman–Crippen LogP) is -0.488. The minimum atomic E-state index is -1.39. The van der Waals surface area contributed by atoms with Crippen molar-refractivity contribution >= 4 is 43.7 Å². The average molecular weight is 177 g/mol. The third-order valence-electron chi connectivity index (χ3n) is 0.592. The largest absolute Gasteiger partial charge is 2.00 e. The van der Waals surface area contributed by atoms with E-state index in [1.807, 2.05) is 0 Å². The van der Waals surface area contributed by atoms with Crippen LogP contribution in [0.2, 0.25) is 0 Å². The van der Waals surface area contributed by atoms with Crippen molar-refractivity contribution in [2.75, 3.05) is 0 Å². The van der Waals surface area contributed by atoms with Gasteiger partial charge in [0.2, 0.25) is 6.10 Å². The zero-order valence-corrected chi connectivity index (χ0v) is 7.52. The van der Waals surface area contributed by atoms with Crippen LogP contribution in [0.5, 0.6) is 0 Å². The second kappa shape index (κ2) is 5.69. The Hall–Kier alpha value is -0.0703. The van der Waals surface area contributed by atoms with Crippen LogP contribution in [0.15, 0.2) is 0 Å². The van der Waals surface area contributed by atoms with Crippen LogP contribution < -0.4 is 0 Å². The van der Waals surface area contributed by atoms with Gasteiger partial charge in [-0.2, -0.15) is 0 Å². The molecular weight excluding hydrogens is 170 g/mol. The molecule has 1 atom stereocenters. The third kappa shape index (κ3) is 6.06. The van der Waals surface area contributed by atoms with Gasteiger partial charge in [-0.25, -0.2) is 4.79 Å². The van der Waals surface area contributed by atoms with E-state index in [1.54, 1.807) is 0 Å². The summed E-state index contributed by atoms with van der Waals surface area (Å²) in [5, 5.41) is 16.3. The molecule has 0 aromatic carbocycles. The Morgan fingerprint density at radius 3 is 2.40 bits per heavy atom. The molecule has 0 fully saturated rings. The van der Waals surface area contributed by atoms with E-state index in [-0.39, 0.29) is 40.6 Å². The van der Waals surface area contributed by atoms with Crippen LogP contribution in [0.25, 0.3) is 0 Å². The Morgan fingerprint density at radius 2 is 2.30 bits per heavy atom. The molecule has 1 unspecified atom stereocenters. The molecule has 1 N–H and O–H groups in total. The van der Waals surface area contributed by atoms with E-state index in [0.29, 0.717) is 0 Å². The van der Waals surface area contributed by atoms with E-state index in [2.05, 4.69) is 4.84 Å². The third-order valence-corrected chi connectivity index (χ3v) is 0.592. The van der Waals surface area contributed by atoms with Crippen LogP contribution in [0.4, 0.5) is 0 Å². The second-order valence-electron chi connectivity index (χ2n) is 1.31. The van der Waals surface area contributed by atoms with Gasteiger partial charge in [0.15, 0.2) is 0 Å². The first-order valence-electron chi connectivity index (χ1n) is 2.08. The van der Waals surface area contributed by atoms with Gasteiger partial charge in [-0.15, -0.1) is 10.1 Å². The van der Waals surface area contributed by atoms with Gasteiger partial charge < -0.3 is 7.96 Å². The Balaban J connectivity index is -0.000000107. The normalized spacial score (nSPS) is 10.9. The van der Waals surface area contributed by atoms with Gasteiger partial charge in [0, 0.05) is 0 Å². The summed E-state index contributed by atoms with van der Waals surface area (Å²) in [6.45, 7) is 1.07. The Morgan fingerprint density at radius 1 is 1.90 bits per heavy atom. The van der Waals surface area contributed by atoms with Crippen molar-refractivity contribution in [3.05, 3.63) is 10.1 Å². The molecule has 0 saturated heterocycles. The van der Waals surface area contributed by atoms with E-state index in [0.717, 1.165) is 6.92 Å². The molecule has 0 aromatic rings. The fraction of sp³-hybridized carbons (Fsp3) is 0.667. The molecule has 0 rings (SSSR count). The predicted molar refractivity (Wildman–Crippen MR) is 33.2 cm³/mol. The van der Waals surface area contributed by atoms with Crippen LogP contribution >= 0.6 is 0 Å². The number of hydrogen-bond acceptors (Lipinski definition) is 4. The van der Waals surface area contributed by atoms with Gasteiger partial charge in [-0.3, -0.25) is 4.84 Å². The van der Waals surface area contributed by atoms with Gasteiger partial charge in [0.25, 0.3) is 5.09 Å². The van der Waals surface area contributed by atoms with Crippen LogP contribution in [0.3, 0.4) is 0 Å². The molecule has 6 nitrogen and oxygen atoms in total. The van der Waals surface area contributed by atoms with Gasteiger partial charge in [0.05, 0.1) is 0 Å². The summed E-state index contributed by atoms with van der Waals surface area (Å²) in [5.74, 6) is -1.35. The standard InChI is InChI=1S/C3H5NO5.Ca.2H/c1-2(3(5)6)9-4(7)8;;;/h2H,1H3,(H,5,6);;;/q;+2;2*-1. The summed E-state index contributed by atoms with van der Waals surface area (Å²) in [4.78, 5) is 22.9. The topological polar surface area (TPSA) is 89.7 Å². The first-order valence-corrected chi connectivity index (χ1v) is 2.08. The molecule has 0 radical (unpaired) electrons. The summed E-state index contributed by atoms with van der Waals surface area (Å²) >= 11 is 0. The van der Waals surface area contributed by atoms with Gasteiger partial charge in [-0.05, 0) is 6.92 Å². The number of carboxylic acids is 1. The second-order valence-corrected chi connectivity index (χ2v) is 1.31. The van der Waals surface area contributed by atoms with Crippen molar-refractivity contribution in [2.45, 2.75) is 13.0 Å². The molecule has 0 aliphatic carbocycles. The zero-order chi connectivity index (χ0) is 7.44. The summed E-state index contributed by atoms with van der Waals surface area (Å²) in [5.41, 5.74) is 0. The molecule has 0 aliphatic rings. The Kier molecular flexibility index (Phi) is 7.17. The Labute approximate surface area is 89.2 Å². The molecule has 56 valence electrons. The van der Waals surface area contributed by atoms with Gasteiger partial charge >= 0.3 is 43.7 Å². The summed E-state index contributed by atoms with van der Waals surface area (Å²) in [6.07, 6.45) is -1.39. The molecule has 0 aliphatic heterocycles. The molecule has 0 aromatic heterocycles. The summed E-state index contributed by atoms with van der Waals surface area (Å²) in [7, 11) is 0. The Bertz CT molecular complexity index is 145. The van der Waals surface area contributed by atoms with Gasteiger partial charge in [-0.1, -0.05) is 0 Å². The molecule has 10 heavy (non-hydrogen) atoms. The number of nitrogens with zero attached hydrogens (tertiary/aromatic N) is 1. The van der Waals surface area contributed by atoms with Crippen molar-refractivity contribution in [3.63, 3.8) is 0 Å². The quantitative estimate of drug-likeness (QED) is 0.357. The van der Waals surface area contributed by atoms with Crippen molar-refractivity contribution in [1.29, 1.82) is 0 Å². The maximum atomic E-state index is 9.81. The first-order chi connectivity index (χ1) is 4.04. The van der Waals surface area contributed by atoms with E-state index in [9.17, 15) is 14.9 Å². The minimum absolute atomic E-state index is 0. The fourth-order valence-corrected chi connectivity index (χ4v) is 0.174. The SMILES string of the molecule is CC(O[N+](=O)[O-])C(=O)O.[Ca+2].[H-].[H-]. The fourth-order valence-electron chi connectivity index (χ4n) is 0.174. The molecule has 0 saturated carbocycles. The van der Waals surface area contributed by atoms with Crippen LogP contribution in [-0.4, -0.2) is 60.0 Å². The first kappa shape index (κ1) is 12.6. The average Bonchev–Trinajstić information content (AvgIpc) is 1.63. The van der Waals surface area contributed by atoms with Gasteiger partial charge in [0.1, 0.15) is 0 Å². The number of carboxylic acid groups (broad SMARTS) is 1. The summed E-state index contributed by atoms with van der Waals surface area (Å²) in [6, 6.07) is 0. The number of hydrogen-bond donors (Lipinski definition) is 1. The molecule has 7 heteroatoms. The molecule has 0 spiro atoms. The number of aliphatic carboxylic acids is 1. The minimum Gasteiger partial charge on any atom is -1.00 e. The molecule has 0 amide bonds. The monoisotopic (exact) mass is 177 g/mol. The maximum Gasteiger partial charge on any atom is 2.00 e. The van der Waals surface area contributed by atoms with E-state index < -0.39 is 17.2 Å². The zero-order valence-electron chi connectivity index (χ0n) is 7.31. The van der Waals surface area contributed by atoms with Crippen LogP contribution in [0.1, 0.15) is 9.78 Å². The van der Waals surface area contributed by atoms with Crippen LogP contribution in [0, 0.1) is 10.1 Å². The molecule has 0 heterocycles. The van der Waals surface area contributed by atoms with E-state index >= 15 is 0 Å². The van der Waals surface area contributed by atoms with Crippen molar-refractivity contribution in [3.8, 4) is 0 Å².